The highest BCUT2D eigenvalue weighted by Gasteiger charge is 1.98. The molecule has 1 atom stereocenters. The van der Waals surface area contributed by atoms with Crippen LogP contribution < -0.4 is 5.32 Å². The van der Waals surface area contributed by atoms with E-state index in [2.05, 4.69) is 58.5 Å². The van der Waals surface area contributed by atoms with E-state index in [0.29, 0.717) is 6.04 Å². The van der Waals surface area contributed by atoms with E-state index in [1.807, 2.05) is 0 Å². The first-order valence-corrected chi connectivity index (χ1v) is 6.78. The number of nitrogens with one attached hydrogen (secondary N) is 1. The molecule has 0 aliphatic carbocycles. The van der Waals surface area contributed by atoms with Gasteiger partial charge >= 0.3 is 0 Å². The van der Waals surface area contributed by atoms with E-state index in [9.17, 15) is 0 Å². The van der Waals surface area contributed by atoms with Crippen LogP contribution in [-0.4, -0.2) is 17.9 Å². The Morgan fingerprint density at radius 1 is 1.27 bits per heavy atom. The molecule has 1 aromatic carbocycles. The standard InChI is InChI=1S/C13H20BrN/c1-12(9-10-14)15-11-5-8-13-6-3-2-4-7-13/h2-4,6-7,12,15H,5,8-11H2,1H3. The van der Waals surface area contributed by atoms with Crippen LogP contribution in [0.3, 0.4) is 0 Å². The molecule has 0 saturated heterocycles. The first kappa shape index (κ1) is 12.7. The summed E-state index contributed by atoms with van der Waals surface area (Å²) in [5, 5.41) is 4.61. The monoisotopic (exact) mass is 269 g/mol. The van der Waals surface area contributed by atoms with Crippen LogP contribution in [0.5, 0.6) is 0 Å². The first-order valence-electron chi connectivity index (χ1n) is 5.66. The lowest BCUT2D eigenvalue weighted by Crippen LogP contribution is -2.27. The summed E-state index contributed by atoms with van der Waals surface area (Å²) in [6, 6.07) is 11.3. The summed E-state index contributed by atoms with van der Waals surface area (Å²) in [5.74, 6) is 0. The minimum absolute atomic E-state index is 0.625. The molecule has 0 aromatic heterocycles. The highest BCUT2D eigenvalue weighted by molar-refractivity contribution is 9.09. The molecule has 1 unspecified atom stereocenters. The van der Waals surface area contributed by atoms with Crippen molar-refractivity contribution in [2.75, 3.05) is 11.9 Å². The van der Waals surface area contributed by atoms with Crippen LogP contribution in [0.1, 0.15) is 25.3 Å². The van der Waals surface area contributed by atoms with Gasteiger partial charge in [0.15, 0.2) is 0 Å². The van der Waals surface area contributed by atoms with E-state index >= 15 is 0 Å². The van der Waals surface area contributed by atoms with E-state index in [4.69, 9.17) is 0 Å². The van der Waals surface area contributed by atoms with Crippen LogP contribution in [0.4, 0.5) is 0 Å². The molecule has 0 fully saturated rings. The van der Waals surface area contributed by atoms with Crippen LogP contribution in [0.15, 0.2) is 30.3 Å². The van der Waals surface area contributed by atoms with Gasteiger partial charge in [-0.15, -0.1) is 0 Å². The molecule has 0 bridgehead atoms. The van der Waals surface area contributed by atoms with Gasteiger partial charge < -0.3 is 5.32 Å². The molecule has 1 nitrogen and oxygen atoms in total. The topological polar surface area (TPSA) is 12.0 Å². The third-order valence-corrected chi connectivity index (χ3v) is 2.98. The Morgan fingerprint density at radius 2 is 2.00 bits per heavy atom. The normalized spacial score (nSPS) is 12.7. The predicted molar refractivity (Wildman–Crippen MR) is 70.6 cm³/mol. The van der Waals surface area contributed by atoms with Crippen LogP contribution in [-0.2, 0) is 6.42 Å². The molecular weight excluding hydrogens is 250 g/mol. The van der Waals surface area contributed by atoms with E-state index in [1.165, 1.54) is 24.8 Å². The molecule has 15 heavy (non-hydrogen) atoms. The fraction of sp³-hybridized carbons (Fsp3) is 0.538. The summed E-state index contributed by atoms with van der Waals surface area (Å²) in [6.07, 6.45) is 3.59. The lowest BCUT2D eigenvalue weighted by Gasteiger charge is -2.11. The Hall–Kier alpha value is -0.340. The average Bonchev–Trinajstić information content (AvgIpc) is 2.26. The molecule has 84 valence electrons. The molecule has 1 aromatic rings. The van der Waals surface area contributed by atoms with Gasteiger partial charge in [-0.3, -0.25) is 0 Å². The number of rotatable bonds is 7. The fourth-order valence-corrected chi connectivity index (χ4v) is 2.24. The highest BCUT2D eigenvalue weighted by Crippen LogP contribution is 2.02. The van der Waals surface area contributed by atoms with Crippen molar-refractivity contribution in [3.05, 3.63) is 35.9 Å². The van der Waals surface area contributed by atoms with Crippen LogP contribution in [0.25, 0.3) is 0 Å². The van der Waals surface area contributed by atoms with Crippen LogP contribution >= 0.6 is 15.9 Å². The molecule has 1 rings (SSSR count). The molecular formula is C13H20BrN. The molecule has 0 aliphatic heterocycles. The second-order valence-electron chi connectivity index (χ2n) is 3.92. The molecule has 0 saturated carbocycles. The Balaban J connectivity index is 2.07. The number of hydrogen-bond acceptors (Lipinski definition) is 1. The Labute approximate surface area is 101 Å². The third-order valence-electron chi connectivity index (χ3n) is 2.52. The maximum absolute atomic E-state index is 3.52. The van der Waals surface area contributed by atoms with Gasteiger partial charge in [-0.1, -0.05) is 46.3 Å². The summed E-state index contributed by atoms with van der Waals surface area (Å²) in [4.78, 5) is 0. The largest absolute Gasteiger partial charge is 0.314 e. The summed E-state index contributed by atoms with van der Waals surface area (Å²) < 4.78 is 0. The Morgan fingerprint density at radius 3 is 2.67 bits per heavy atom. The number of aryl methyl sites for hydroxylation is 1. The number of halogens is 1. The molecule has 0 spiro atoms. The molecule has 0 radical (unpaired) electrons. The van der Waals surface area contributed by atoms with Crippen LogP contribution in [0, 0.1) is 0 Å². The maximum atomic E-state index is 3.52. The van der Waals surface area contributed by atoms with Gasteiger partial charge in [0.05, 0.1) is 0 Å². The zero-order valence-corrected chi connectivity index (χ0v) is 11.0. The minimum atomic E-state index is 0.625. The van der Waals surface area contributed by atoms with Crippen molar-refractivity contribution < 1.29 is 0 Å². The number of hydrogen-bond donors (Lipinski definition) is 1. The van der Waals surface area contributed by atoms with Gasteiger partial charge in [0.1, 0.15) is 0 Å². The van der Waals surface area contributed by atoms with Crippen molar-refractivity contribution in [2.45, 2.75) is 32.2 Å². The Bertz CT molecular complexity index is 248. The number of alkyl halides is 1. The van der Waals surface area contributed by atoms with Crippen molar-refractivity contribution in [3.8, 4) is 0 Å². The quantitative estimate of drug-likeness (QED) is 0.591. The second-order valence-corrected chi connectivity index (χ2v) is 4.71. The van der Waals surface area contributed by atoms with Crippen molar-refractivity contribution in [3.63, 3.8) is 0 Å². The van der Waals surface area contributed by atoms with Gasteiger partial charge in [0, 0.05) is 11.4 Å². The minimum Gasteiger partial charge on any atom is -0.314 e. The molecule has 0 heterocycles. The van der Waals surface area contributed by atoms with E-state index in [0.717, 1.165) is 11.9 Å². The molecule has 1 N–H and O–H groups in total. The maximum Gasteiger partial charge on any atom is 0.00466 e. The molecule has 2 heteroatoms. The van der Waals surface area contributed by atoms with Crippen molar-refractivity contribution >= 4 is 15.9 Å². The molecule has 0 aliphatic rings. The zero-order valence-electron chi connectivity index (χ0n) is 9.38. The van der Waals surface area contributed by atoms with E-state index in [1.54, 1.807) is 0 Å². The van der Waals surface area contributed by atoms with Gasteiger partial charge in [-0.05, 0) is 38.3 Å². The van der Waals surface area contributed by atoms with Crippen molar-refractivity contribution in [1.82, 2.24) is 5.32 Å². The first-order chi connectivity index (χ1) is 7.33. The van der Waals surface area contributed by atoms with Gasteiger partial charge in [-0.2, -0.15) is 0 Å². The van der Waals surface area contributed by atoms with Gasteiger partial charge in [0.2, 0.25) is 0 Å². The predicted octanol–water partition coefficient (Wildman–Crippen LogP) is 3.38. The summed E-state index contributed by atoms with van der Waals surface area (Å²) in [6.45, 7) is 3.35. The third kappa shape index (κ3) is 5.95. The lowest BCUT2D eigenvalue weighted by molar-refractivity contribution is 0.528. The second kappa shape index (κ2) is 7.89. The van der Waals surface area contributed by atoms with E-state index < -0.39 is 0 Å². The summed E-state index contributed by atoms with van der Waals surface area (Å²) in [7, 11) is 0. The SMILES string of the molecule is CC(CCBr)NCCCc1ccccc1. The van der Waals surface area contributed by atoms with Crippen molar-refractivity contribution in [1.29, 1.82) is 0 Å². The Kier molecular flexibility index (Phi) is 6.69. The van der Waals surface area contributed by atoms with Crippen molar-refractivity contribution in [2.24, 2.45) is 0 Å². The highest BCUT2D eigenvalue weighted by atomic mass is 79.9. The number of benzene rings is 1. The lowest BCUT2D eigenvalue weighted by atomic mass is 10.1. The average molecular weight is 270 g/mol. The van der Waals surface area contributed by atoms with E-state index in [-0.39, 0.29) is 0 Å². The fourth-order valence-electron chi connectivity index (χ4n) is 1.55. The zero-order chi connectivity index (χ0) is 10.9. The van der Waals surface area contributed by atoms with Gasteiger partial charge in [-0.25, -0.2) is 0 Å². The summed E-state index contributed by atoms with van der Waals surface area (Å²) in [5.41, 5.74) is 1.44. The summed E-state index contributed by atoms with van der Waals surface area (Å²) >= 11 is 3.46. The van der Waals surface area contributed by atoms with Crippen LogP contribution in [0.2, 0.25) is 0 Å². The molecule has 0 amide bonds. The smallest absolute Gasteiger partial charge is 0.00466 e. The van der Waals surface area contributed by atoms with Gasteiger partial charge in [0.25, 0.3) is 0 Å².